The molecular weight excluding hydrogens is 285 g/mol. The van der Waals surface area contributed by atoms with Crippen molar-refractivity contribution in [1.29, 1.82) is 0 Å². The first-order valence-corrected chi connectivity index (χ1v) is 8.00. The molecule has 0 amide bonds. The second-order valence-corrected chi connectivity index (χ2v) is 6.38. The van der Waals surface area contributed by atoms with E-state index >= 15 is 0 Å². The Morgan fingerprint density at radius 2 is 2.00 bits per heavy atom. The summed E-state index contributed by atoms with van der Waals surface area (Å²) in [5.74, 6) is -0.443. The Morgan fingerprint density at radius 1 is 1.32 bits per heavy atom. The minimum atomic E-state index is -0.599. The molecule has 2 aliphatic heterocycles. The van der Waals surface area contributed by atoms with Gasteiger partial charge in [0.15, 0.2) is 5.79 Å². The van der Waals surface area contributed by atoms with Gasteiger partial charge in [-0.2, -0.15) is 0 Å². The lowest BCUT2D eigenvalue weighted by molar-refractivity contribution is -0.192. The number of likely N-dealkylation sites (tertiary alicyclic amines) is 1. The van der Waals surface area contributed by atoms with Crippen LogP contribution in [0, 0.1) is 11.7 Å². The zero-order valence-electron chi connectivity index (χ0n) is 13.0. The van der Waals surface area contributed by atoms with Crippen LogP contribution in [0.4, 0.5) is 4.39 Å². The number of nitrogens with zero attached hydrogens (tertiary/aromatic N) is 1. The van der Waals surface area contributed by atoms with Crippen LogP contribution in [0.15, 0.2) is 24.3 Å². The number of piperidine rings is 1. The van der Waals surface area contributed by atoms with Crippen molar-refractivity contribution < 1.29 is 19.0 Å². The van der Waals surface area contributed by atoms with Crippen LogP contribution in [0.1, 0.15) is 31.4 Å². The Bertz CT molecular complexity index is 487. The number of aliphatic hydroxyl groups excluding tert-OH is 1. The lowest BCUT2D eigenvalue weighted by Gasteiger charge is -2.40. The van der Waals surface area contributed by atoms with E-state index in [1.54, 1.807) is 12.1 Å². The second kappa shape index (κ2) is 6.62. The fourth-order valence-corrected chi connectivity index (χ4v) is 3.45. The molecule has 122 valence electrons. The van der Waals surface area contributed by atoms with Gasteiger partial charge in [0.25, 0.3) is 0 Å². The summed E-state index contributed by atoms with van der Waals surface area (Å²) in [5, 5.41) is 10.4. The van der Waals surface area contributed by atoms with Crippen LogP contribution in [0.2, 0.25) is 0 Å². The van der Waals surface area contributed by atoms with E-state index in [2.05, 4.69) is 4.90 Å². The molecule has 3 rings (SSSR count). The van der Waals surface area contributed by atoms with E-state index in [-0.39, 0.29) is 5.82 Å². The average Bonchev–Trinajstić information content (AvgIpc) is 2.96. The van der Waals surface area contributed by atoms with E-state index in [4.69, 9.17) is 9.47 Å². The Morgan fingerprint density at radius 3 is 2.68 bits per heavy atom. The molecule has 0 bridgehead atoms. The van der Waals surface area contributed by atoms with Gasteiger partial charge < -0.3 is 14.6 Å². The Balaban J connectivity index is 1.59. The van der Waals surface area contributed by atoms with Crippen molar-refractivity contribution in [1.82, 2.24) is 4.90 Å². The molecule has 1 N–H and O–H groups in total. The van der Waals surface area contributed by atoms with Gasteiger partial charge in [-0.3, -0.25) is 4.90 Å². The number of ether oxygens (including phenoxy) is 2. The van der Waals surface area contributed by atoms with Gasteiger partial charge in [-0.1, -0.05) is 12.1 Å². The third-order valence-electron chi connectivity index (χ3n) is 4.79. The third-order valence-corrected chi connectivity index (χ3v) is 4.79. The summed E-state index contributed by atoms with van der Waals surface area (Å²) in [5.41, 5.74) is 0.753. The van der Waals surface area contributed by atoms with Gasteiger partial charge in [0, 0.05) is 19.0 Å². The van der Waals surface area contributed by atoms with E-state index in [0.29, 0.717) is 25.7 Å². The van der Waals surface area contributed by atoms with Gasteiger partial charge in [0.2, 0.25) is 0 Å². The van der Waals surface area contributed by atoms with E-state index in [0.717, 1.165) is 31.5 Å². The highest BCUT2D eigenvalue weighted by molar-refractivity contribution is 5.18. The molecule has 2 atom stereocenters. The summed E-state index contributed by atoms with van der Waals surface area (Å²) in [7, 11) is 0. The summed E-state index contributed by atoms with van der Waals surface area (Å²) in [6.07, 6.45) is 1.56. The van der Waals surface area contributed by atoms with Crippen LogP contribution in [-0.4, -0.2) is 48.6 Å². The Labute approximate surface area is 130 Å². The molecule has 1 aromatic rings. The minimum absolute atomic E-state index is 0.280. The van der Waals surface area contributed by atoms with E-state index in [1.165, 1.54) is 12.1 Å². The third kappa shape index (κ3) is 3.49. The lowest BCUT2D eigenvalue weighted by atomic mass is 9.90. The standard InChI is InChI=1S/C17H24FNO3/c1-17(21-9-10-22-17)14-3-2-8-19(11-14)12-16(20)13-4-6-15(18)7-5-13/h4-7,14,16,20H,2-3,8-12H2,1H3/t14-,16+/m0/s1. The molecule has 0 aromatic heterocycles. The maximum absolute atomic E-state index is 13.0. The van der Waals surface area contributed by atoms with Crippen LogP contribution in [-0.2, 0) is 9.47 Å². The number of halogens is 1. The first-order valence-electron chi connectivity index (χ1n) is 8.00. The Hall–Kier alpha value is -1.01. The van der Waals surface area contributed by atoms with Crippen molar-refractivity contribution in [3.63, 3.8) is 0 Å². The molecule has 0 spiro atoms. The normalized spacial score (nSPS) is 27.0. The highest BCUT2D eigenvalue weighted by Crippen LogP contribution is 2.34. The Kier molecular flexibility index (Phi) is 4.78. The molecule has 2 heterocycles. The molecule has 5 heteroatoms. The predicted molar refractivity (Wildman–Crippen MR) is 80.8 cm³/mol. The molecule has 22 heavy (non-hydrogen) atoms. The van der Waals surface area contributed by atoms with Crippen LogP contribution in [0.25, 0.3) is 0 Å². The lowest BCUT2D eigenvalue weighted by Crippen LogP contribution is -2.47. The van der Waals surface area contributed by atoms with Crippen molar-refractivity contribution in [2.75, 3.05) is 32.8 Å². The van der Waals surface area contributed by atoms with Crippen molar-refractivity contribution in [3.8, 4) is 0 Å². The highest BCUT2D eigenvalue weighted by Gasteiger charge is 2.41. The van der Waals surface area contributed by atoms with Gasteiger partial charge in [-0.15, -0.1) is 0 Å². The quantitative estimate of drug-likeness (QED) is 0.927. The van der Waals surface area contributed by atoms with Gasteiger partial charge in [-0.05, 0) is 44.0 Å². The molecule has 1 aromatic carbocycles. The molecule has 2 aliphatic rings. The van der Waals surface area contributed by atoms with Gasteiger partial charge in [0.05, 0.1) is 19.3 Å². The average molecular weight is 309 g/mol. The molecule has 0 aliphatic carbocycles. The first-order chi connectivity index (χ1) is 10.6. The molecule has 0 saturated carbocycles. The first kappa shape index (κ1) is 15.9. The van der Waals surface area contributed by atoms with Crippen molar-refractivity contribution in [2.24, 2.45) is 5.92 Å². The molecular formula is C17H24FNO3. The monoisotopic (exact) mass is 309 g/mol. The molecule has 0 radical (unpaired) electrons. The second-order valence-electron chi connectivity index (χ2n) is 6.38. The number of rotatable bonds is 4. The van der Waals surface area contributed by atoms with Crippen LogP contribution >= 0.6 is 0 Å². The molecule has 0 unspecified atom stereocenters. The highest BCUT2D eigenvalue weighted by atomic mass is 19.1. The van der Waals surface area contributed by atoms with Crippen molar-refractivity contribution in [3.05, 3.63) is 35.6 Å². The fraction of sp³-hybridized carbons (Fsp3) is 0.647. The minimum Gasteiger partial charge on any atom is -0.387 e. The van der Waals surface area contributed by atoms with Crippen molar-refractivity contribution in [2.45, 2.75) is 31.7 Å². The number of benzene rings is 1. The van der Waals surface area contributed by atoms with E-state index < -0.39 is 11.9 Å². The number of hydrogen-bond acceptors (Lipinski definition) is 4. The topological polar surface area (TPSA) is 41.9 Å². The molecule has 2 saturated heterocycles. The largest absolute Gasteiger partial charge is 0.387 e. The molecule has 4 nitrogen and oxygen atoms in total. The van der Waals surface area contributed by atoms with Gasteiger partial charge >= 0.3 is 0 Å². The number of hydrogen-bond donors (Lipinski definition) is 1. The number of aliphatic hydroxyl groups is 1. The number of β-amino-alcohol motifs (C(OH)–C–C–N with tert-alkyl or cyclic N) is 1. The zero-order valence-corrected chi connectivity index (χ0v) is 13.0. The summed E-state index contributed by atoms with van der Waals surface area (Å²) in [6.45, 7) is 5.71. The zero-order chi connectivity index (χ0) is 15.6. The fourth-order valence-electron chi connectivity index (χ4n) is 3.45. The summed E-state index contributed by atoms with van der Waals surface area (Å²) in [4.78, 5) is 2.25. The summed E-state index contributed by atoms with van der Waals surface area (Å²) < 4.78 is 24.5. The smallest absolute Gasteiger partial charge is 0.169 e. The van der Waals surface area contributed by atoms with Crippen LogP contribution in [0.3, 0.4) is 0 Å². The summed E-state index contributed by atoms with van der Waals surface area (Å²) >= 11 is 0. The van der Waals surface area contributed by atoms with Crippen LogP contribution < -0.4 is 0 Å². The maximum Gasteiger partial charge on any atom is 0.169 e. The van der Waals surface area contributed by atoms with E-state index in [9.17, 15) is 9.50 Å². The summed E-state index contributed by atoms with van der Waals surface area (Å²) in [6, 6.07) is 6.06. The SMILES string of the molecule is CC1([C@H]2CCCN(C[C@@H](O)c3ccc(F)cc3)C2)OCCO1. The maximum atomic E-state index is 13.0. The van der Waals surface area contributed by atoms with Crippen molar-refractivity contribution >= 4 is 0 Å². The molecule has 2 fully saturated rings. The van der Waals surface area contributed by atoms with Gasteiger partial charge in [0.1, 0.15) is 5.82 Å². The van der Waals surface area contributed by atoms with E-state index in [1.807, 2.05) is 6.92 Å². The predicted octanol–water partition coefficient (Wildman–Crippen LogP) is 2.33. The van der Waals surface area contributed by atoms with Gasteiger partial charge in [-0.25, -0.2) is 4.39 Å². The van der Waals surface area contributed by atoms with Crippen LogP contribution in [0.5, 0.6) is 0 Å².